The lowest BCUT2D eigenvalue weighted by molar-refractivity contribution is 0.102. The maximum atomic E-state index is 14.5. The van der Waals surface area contributed by atoms with E-state index in [-0.39, 0.29) is 17.9 Å². The van der Waals surface area contributed by atoms with Crippen molar-refractivity contribution in [1.82, 2.24) is 28.6 Å². The molecule has 58 heavy (non-hydrogen) atoms. The largest absolute Gasteiger partial charge is 0.494 e. The number of para-hydroxylation sites is 1. The second-order valence-electron chi connectivity index (χ2n) is 14.1. The molecule has 2 saturated heterocycles. The number of methoxy groups -OCH3 is 1. The van der Waals surface area contributed by atoms with Crippen molar-refractivity contribution in [3.63, 3.8) is 0 Å². The molecule has 0 atom stereocenters. The molecule has 2 aliphatic rings. The standard InChI is InChI=1S/C43H45F2N9O3S/c1-4-57-36-14-11-28(26-31(36)42(55)50-40-32(44)8-7-9-33(40)45)39-41(54-19-6-5-10-38(54)49-39)35-15-18-46-43(48-35)47-34-13-12-30(27-37(34)56-2)51-20-16-29(17-21-51)52-22-24-53(58-3)25-23-52/h5-15,18-19,26-27,29H,4,16-17,20-25H2,1-3H3,(H,50,55)(H,46,47,48). The number of carbonyl (C=O) groups is 1. The van der Waals surface area contributed by atoms with Crippen molar-refractivity contribution >= 4 is 46.5 Å². The van der Waals surface area contributed by atoms with Gasteiger partial charge in [0.25, 0.3) is 5.91 Å². The lowest BCUT2D eigenvalue weighted by Crippen LogP contribution is -2.51. The van der Waals surface area contributed by atoms with Crippen LogP contribution in [0.4, 0.5) is 31.8 Å². The van der Waals surface area contributed by atoms with Gasteiger partial charge in [-0.3, -0.25) is 14.1 Å². The van der Waals surface area contributed by atoms with Crippen LogP contribution in [0.25, 0.3) is 28.3 Å². The topological polar surface area (TPSA) is 112 Å². The molecule has 2 fully saturated rings. The number of nitrogens with zero attached hydrogens (tertiary/aromatic N) is 7. The number of halogens is 2. The van der Waals surface area contributed by atoms with E-state index in [1.54, 1.807) is 44.5 Å². The quantitative estimate of drug-likeness (QED) is 0.117. The number of piperazine rings is 1. The molecular weight excluding hydrogens is 761 g/mol. The van der Waals surface area contributed by atoms with Gasteiger partial charge in [-0.1, -0.05) is 24.1 Å². The first kappa shape index (κ1) is 39.1. The molecule has 2 aliphatic heterocycles. The van der Waals surface area contributed by atoms with Gasteiger partial charge in [0.2, 0.25) is 5.95 Å². The first-order valence-corrected chi connectivity index (χ1v) is 20.6. The molecule has 2 N–H and O–H groups in total. The number of benzene rings is 3. The molecule has 8 rings (SSSR count). The van der Waals surface area contributed by atoms with Crippen LogP contribution in [0.1, 0.15) is 30.1 Å². The van der Waals surface area contributed by atoms with Crippen LogP contribution in [0, 0.1) is 11.6 Å². The molecule has 3 aromatic heterocycles. The predicted molar refractivity (Wildman–Crippen MR) is 225 cm³/mol. The monoisotopic (exact) mass is 805 g/mol. The lowest BCUT2D eigenvalue weighted by Gasteiger charge is -2.42. The third-order valence-electron chi connectivity index (χ3n) is 10.7. The van der Waals surface area contributed by atoms with E-state index in [9.17, 15) is 13.6 Å². The first-order chi connectivity index (χ1) is 28.3. The number of piperidine rings is 1. The van der Waals surface area contributed by atoms with Gasteiger partial charge in [-0.05, 0) is 86.7 Å². The fourth-order valence-electron chi connectivity index (χ4n) is 7.77. The van der Waals surface area contributed by atoms with Crippen molar-refractivity contribution in [3.8, 4) is 34.1 Å². The zero-order valence-electron chi connectivity index (χ0n) is 32.6. The Bertz CT molecular complexity index is 2390. The van der Waals surface area contributed by atoms with E-state index in [0.717, 1.165) is 75.6 Å². The van der Waals surface area contributed by atoms with Crippen molar-refractivity contribution < 1.29 is 23.0 Å². The highest BCUT2D eigenvalue weighted by Gasteiger charge is 2.28. The molecule has 0 aliphatic carbocycles. The number of fused-ring (bicyclic) bond motifs is 1. The molecule has 0 bridgehead atoms. The Hall–Kier alpha value is -5.77. The molecule has 5 heterocycles. The summed E-state index contributed by atoms with van der Waals surface area (Å²) in [6, 6.07) is 22.7. The summed E-state index contributed by atoms with van der Waals surface area (Å²) in [7, 11) is 1.66. The highest BCUT2D eigenvalue weighted by molar-refractivity contribution is 7.96. The highest BCUT2D eigenvalue weighted by Crippen LogP contribution is 2.37. The molecule has 0 spiro atoms. The summed E-state index contributed by atoms with van der Waals surface area (Å²) in [5, 5.41) is 5.74. The van der Waals surface area contributed by atoms with E-state index in [2.05, 4.69) is 48.1 Å². The van der Waals surface area contributed by atoms with Gasteiger partial charge in [0.05, 0.1) is 42.0 Å². The fourth-order valence-corrected chi connectivity index (χ4v) is 8.30. The lowest BCUT2D eigenvalue weighted by atomic mass is 10.0. The molecule has 3 aromatic carbocycles. The van der Waals surface area contributed by atoms with Crippen LogP contribution in [-0.2, 0) is 0 Å². The summed E-state index contributed by atoms with van der Waals surface area (Å²) in [6.07, 6.45) is 7.97. The van der Waals surface area contributed by atoms with Crippen molar-refractivity contribution in [1.29, 1.82) is 0 Å². The van der Waals surface area contributed by atoms with Crippen LogP contribution >= 0.6 is 11.9 Å². The highest BCUT2D eigenvalue weighted by atomic mass is 32.2. The van der Waals surface area contributed by atoms with Crippen LogP contribution in [-0.4, -0.2) is 99.7 Å². The molecular formula is C43H45F2N9O3S. The van der Waals surface area contributed by atoms with Gasteiger partial charge in [-0.25, -0.2) is 28.0 Å². The number of imidazole rings is 1. The van der Waals surface area contributed by atoms with Crippen LogP contribution in [0.3, 0.4) is 0 Å². The molecule has 0 radical (unpaired) electrons. The SMILES string of the molecule is CCOc1ccc(-c2nc3ccccn3c2-c2ccnc(Nc3ccc(N4CCC(N5CCN(SC)CC5)CC4)cc3OC)n2)cc1C(=O)Nc1c(F)cccc1F. The van der Waals surface area contributed by atoms with E-state index in [4.69, 9.17) is 19.4 Å². The minimum atomic E-state index is -0.890. The Balaban J connectivity index is 1.05. The van der Waals surface area contributed by atoms with Gasteiger partial charge in [-0.15, -0.1) is 0 Å². The summed E-state index contributed by atoms with van der Waals surface area (Å²) in [6.45, 7) is 8.53. The summed E-state index contributed by atoms with van der Waals surface area (Å²) in [4.78, 5) is 33.1. The number of anilines is 4. The maximum absolute atomic E-state index is 14.5. The molecule has 0 saturated carbocycles. The molecule has 0 unspecified atom stereocenters. The average molecular weight is 806 g/mol. The van der Waals surface area contributed by atoms with Crippen molar-refractivity contribution in [2.75, 3.05) is 74.8 Å². The third kappa shape index (κ3) is 8.15. The van der Waals surface area contributed by atoms with Crippen molar-refractivity contribution in [3.05, 3.63) is 108 Å². The number of pyridine rings is 1. The van der Waals surface area contributed by atoms with Crippen LogP contribution < -0.4 is 25.0 Å². The fraction of sp³-hybridized carbons (Fsp3) is 0.302. The van der Waals surface area contributed by atoms with Gasteiger partial charge in [0.1, 0.15) is 34.5 Å². The number of hydrogen-bond acceptors (Lipinski definition) is 11. The Morgan fingerprint density at radius 1 is 0.897 bits per heavy atom. The second-order valence-corrected chi connectivity index (χ2v) is 15.0. The van der Waals surface area contributed by atoms with Crippen LogP contribution in [0.15, 0.2) is 91.3 Å². The summed E-state index contributed by atoms with van der Waals surface area (Å²) in [5.41, 5.74) is 4.32. The zero-order valence-corrected chi connectivity index (χ0v) is 33.4. The van der Waals surface area contributed by atoms with Gasteiger partial charge < -0.3 is 25.0 Å². The number of rotatable bonds is 12. The van der Waals surface area contributed by atoms with Crippen LogP contribution in [0.5, 0.6) is 11.5 Å². The van der Waals surface area contributed by atoms with Crippen LogP contribution in [0.2, 0.25) is 0 Å². The third-order valence-corrected chi connectivity index (χ3v) is 11.6. The Kier molecular flexibility index (Phi) is 11.7. The van der Waals surface area contributed by atoms with E-state index in [0.29, 0.717) is 46.0 Å². The molecule has 6 aromatic rings. The summed E-state index contributed by atoms with van der Waals surface area (Å²) in [5.74, 6) is -1.24. The molecule has 300 valence electrons. The van der Waals surface area contributed by atoms with E-state index >= 15 is 0 Å². The maximum Gasteiger partial charge on any atom is 0.259 e. The number of aromatic nitrogens is 4. The molecule has 12 nitrogen and oxygen atoms in total. The number of carbonyl (C=O) groups excluding carboxylic acids is 1. The Morgan fingerprint density at radius 3 is 2.43 bits per heavy atom. The second kappa shape index (κ2) is 17.4. The minimum absolute atomic E-state index is 0.0830. The molecule has 15 heteroatoms. The van der Waals surface area contributed by atoms with Crippen molar-refractivity contribution in [2.45, 2.75) is 25.8 Å². The van der Waals surface area contributed by atoms with Gasteiger partial charge in [0.15, 0.2) is 0 Å². The van der Waals surface area contributed by atoms with E-state index in [1.807, 2.05) is 46.8 Å². The van der Waals surface area contributed by atoms with E-state index in [1.165, 1.54) is 6.07 Å². The summed E-state index contributed by atoms with van der Waals surface area (Å²) >= 11 is 1.84. The number of hydrogen-bond donors (Lipinski definition) is 2. The average Bonchev–Trinajstić information content (AvgIpc) is 3.65. The zero-order chi connectivity index (χ0) is 40.2. The minimum Gasteiger partial charge on any atom is -0.494 e. The smallest absolute Gasteiger partial charge is 0.259 e. The Morgan fingerprint density at radius 2 is 1.69 bits per heavy atom. The predicted octanol–water partition coefficient (Wildman–Crippen LogP) is 8.00. The number of ether oxygens (including phenoxy) is 2. The van der Waals surface area contributed by atoms with Gasteiger partial charge in [-0.2, -0.15) is 0 Å². The summed E-state index contributed by atoms with van der Waals surface area (Å²) < 4.78 is 45.1. The van der Waals surface area contributed by atoms with E-state index < -0.39 is 23.2 Å². The number of amides is 1. The number of nitrogens with one attached hydrogen (secondary N) is 2. The molecule has 1 amide bonds. The van der Waals surface area contributed by atoms with Gasteiger partial charge in [0, 0.05) is 75.0 Å². The van der Waals surface area contributed by atoms with Crippen molar-refractivity contribution in [2.24, 2.45) is 0 Å². The Labute approximate surface area is 340 Å². The first-order valence-electron chi connectivity index (χ1n) is 19.4. The normalized spacial score (nSPS) is 15.4. The van der Waals surface area contributed by atoms with Gasteiger partial charge >= 0.3 is 0 Å².